The minimum atomic E-state index is -4.40. The molecule has 25 heavy (non-hydrogen) atoms. The van der Waals surface area contributed by atoms with Gasteiger partial charge in [0.25, 0.3) is 15.7 Å². The third-order valence-electron chi connectivity index (χ3n) is 4.12. The van der Waals surface area contributed by atoms with Gasteiger partial charge in [0.1, 0.15) is 15.9 Å². The highest BCUT2D eigenvalue weighted by molar-refractivity contribution is 7.86. The fourth-order valence-electron chi connectivity index (χ4n) is 2.98. The molecule has 1 unspecified atom stereocenters. The molecule has 1 N–H and O–H groups in total. The van der Waals surface area contributed by atoms with Crippen LogP contribution in [0.1, 0.15) is 29.9 Å². The molecule has 0 aliphatic heterocycles. The molecule has 3 aromatic rings. The lowest BCUT2D eigenvalue weighted by Gasteiger charge is -2.17. The maximum absolute atomic E-state index is 13.3. The fourth-order valence-corrected chi connectivity index (χ4v) is 4.83. The Morgan fingerprint density at radius 1 is 1.28 bits per heavy atom. The molecule has 0 aliphatic carbocycles. The summed E-state index contributed by atoms with van der Waals surface area (Å²) in [6.45, 7) is 3.40. The van der Waals surface area contributed by atoms with Crippen LogP contribution in [0.25, 0.3) is 16.0 Å². The number of nitrogens with zero attached hydrogens (tertiary/aromatic N) is 1. The van der Waals surface area contributed by atoms with Gasteiger partial charge in [-0.05, 0) is 42.7 Å². The van der Waals surface area contributed by atoms with Crippen LogP contribution in [0.15, 0.2) is 40.5 Å². The fraction of sp³-hybridized carbons (Fsp3) is 0.235. The molecule has 2 aromatic heterocycles. The Morgan fingerprint density at radius 3 is 2.48 bits per heavy atom. The van der Waals surface area contributed by atoms with E-state index in [0.717, 1.165) is 5.69 Å². The Labute approximate surface area is 148 Å². The zero-order valence-corrected chi connectivity index (χ0v) is 15.2. The molecule has 5 nitrogen and oxygen atoms in total. The number of aryl methyl sites for hydroxylation is 1. The van der Waals surface area contributed by atoms with E-state index in [0.29, 0.717) is 10.4 Å². The standard InChI is InChI=1S/C17H16FNO4S2/c1-3-14(25(21,22)23)13-8-15-19(10(2)9-24-15)17(20)16(13)11-4-6-12(18)7-5-11/h4-9,14H,3H2,1-2H3,(H,21,22,23). The first-order valence-electron chi connectivity index (χ1n) is 7.60. The summed E-state index contributed by atoms with van der Waals surface area (Å²) in [5.41, 5.74) is 1.12. The number of thiazole rings is 1. The second-order valence-electron chi connectivity index (χ2n) is 5.75. The zero-order valence-electron chi connectivity index (χ0n) is 13.6. The Balaban J connectivity index is 2.44. The third kappa shape index (κ3) is 3.12. The van der Waals surface area contributed by atoms with E-state index in [9.17, 15) is 22.2 Å². The summed E-state index contributed by atoms with van der Waals surface area (Å²) in [5, 5.41) is 0.566. The van der Waals surface area contributed by atoms with Crippen LogP contribution >= 0.6 is 11.3 Å². The number of fused-ring (bicyclic) bond motifs is 1. The molecule has 0 amide bonds. The number of aromatic nitrogens is 1. The number of halogens is 1. The number of hydrogen-bond acceptors (Lipinski definition) is 4. The normalized spacial score (nSPS) is 13.3. The van der Waals surface area contributed by atoms with Crippen molar-refractivity contribution in [3.8, 4) is 11.1 Å². The summed E-state index contributed by atoms with van der Waals surface area (Å²) in [6.07, 6.45) is 0.104. The van der Waals surface area contributed by atoms with Crippen molar-refractivity contribution in [3.05, 3.63) is 63.1 Å². The Bertz CT molecular complexity index is 1100. The van der Waals surface area contributed by atoms with Crippen LogP contribution in [0, 0.1) is 12.7 Å². The molecule has 132 valence electrons. The highest BCUT2D eigenvalue weighted by Gasteiger charge is 2.29. The molecule has 2 heterocycles. The van der Waals surface area contributed by atoms with Crippen LogP contribution in [0.3, 0.4) is 0 Å². The van der Waals surface area contributed by atoms with Crippen molar-refractivity contribution in [2.24, 2.45) is 0 Å². The van der Waals surface area contributed by atoms with Crippen LogP contribution in [0.5, 0.6) is 0 Å². The molecule has 0 aliphatic rings. The highest BCUT2D eigenvalue weighted by Crippen LogP contribution is 2.34. The van der Waals surface area contributed by atoms with Gasteiger partial charge in [-0.2, -0.15) is 8.42 Å². The predicted octanol–water partition coefficient (Wildman–Crippen LogP) is 3.81. The lowest BCUT2D eigenvalue weighted by Crippen LogP contribution is -2.22. The van der Waals surface area contributed by atoms with Crippen molar-refractivity contribution >= 4 is 26.3 Å². The summed E-state index contributed by atoms with van der Waals surface area (Å²) in [4.78, 5) is 13.7. The summed E-state index contributed by atoms with van der Waals surface area (Å²) < 4.78 is 48.1. The molecule has 0 radical (unpaired) electrons. The van der Waals surface area contributed by atoms with Crippen molar-refractivity contribution in [3.63, 3.8) is 0 Å². The van der Waals surface area contributed by atoms with Crippen molar-refractivity contribution in [2.75, 3.05) is 0 Å². The lowest BCUT2D eigenvalue weighted by molar-refractivity contribution is 0.466. The van der Waals surface area contributed by atoms with Gasteiger partial charge in [-0.3, -0.25) is 13.7 Å². The molecule has 3 rings (SSSR count). The highest BCUT2D eigenvalue weighted by atomic mass is 32.2. The van der Waals surface area contributed by atoms with Crippen molar-refractivity contribution in [1.82, 2.24) is 4.40 Å². The predicted molar refractivity (Wildman–Crippen MR) is 96.3 cm³/mol. The van der Waals surface area contributed by atoms with Crippen LogP contribution in [0.4, 0.5) is 4.39 Å². The average Bonchev–Trinajstić information content (AvgIpc) is 2.90. The molecule has 0 bridgehead atoms. The number of pyridine rings is 1. The van der Waals surface area contributed by atoms with Crippen molar-refractivity contribution in [1.29, 1.82) is 0 Å². The van der Waals surface area contributed by atoms with E-state index >= 15 is 0 Å². The molecule has 0 spiro atoms. The van der Waals surface area contributed by atoms with E-state index in [-0.39, 0.29) is 23.1 Å². The van der Waals surface area contributed by atoms with E-state index < -0.39 is 21.2 Å². The molecular weight excluding hydrogens is 365 g/mol. The van der Waals surface area contributed by atoms with E-state index in [4.69, 9.17) is 0 Å². The summed E-state index contributed by atoms with van der Waals surface area (Å²) in [6, 6.07) is 6.89. The largest absolute Gasteiger partial charge is 0.285 e. The van der Waals surface area contributed by atoms with Gasteiger partial charge >= 0.3 is 0 Å². The van der Waals surface area contributed by atoms with Gasteiger partial charge in [0.2, 0.25) is 0 Å². The number of rotatable bonds is 4. The topological polar surface area (TPSA) is 75.8 Å². The van der Waals surface area contributed by atoms with Gasteiger partial charge in [0, 0.05) is 11.1 Å². The first-order chi connectivity index (χ1) is 11.7. The van der Waals surface area contributed by atoms with Crippen LogP contribution < -0.4 is 5.56 Å². The van der Waals surface area contributed by atoms with Gasteiger partial charge in [-0.25, -0.2) is 4.39 Å². The lowest BCUT2D eigenvalue weighted by atomic mass is 9.98. The molecule has 0 fully saturated rings. The van der Waals surface area contributed by atoms with E-state index in [1.165, 1.54) is 40.0 Å². The first-order valence-corrected chi connectivity index (χ1v) is 9.98. The second kappa shape index (κ2) is 6.36. The van der Waals surface area contributed by atoms with E-state index in [2.05, 4.69) is 0 Å². The summed E-state index contributed by atoms with van der Waals surface area (Å²) in [7, 11) is -4.40. The van der Waals surface area contributed by atoms with E-state index in [1.54, 1.807) is 25.3 Å². The summed E-state index contributed by atoms with van der Waals surface area (Å²) in [5.74, 6) is -0.458. The van der Waals surface area contributed by atoms with Crippen molar-refractivity contribution < 1.29 is 17.4 Å². The van der Waals surface area contributed by atoms with Gasteiger partial charge < -0.3 is 0 Å². The zero-order chi connectivity index (χ0) is 18.4. The minimum absolute atomic E-state index is 0.104. The Morgan fingerprint density at radius 2 is 1.92 bits per heavy atom. The molecule has 0 saturated heterocycles. The van der Waals surface area contributed by atoms with Gasteiger partial charge in [-0.15, -0.1) is 11.3 Å². The minimum Gasteiger partial charge on any atom is -0.285 e. The number of benzene rings is 1. The second-order valence-corrected chi connectivity index (χ2v) is 8.24. The van der Waals surface area contributed by atoms with Crippen molar-refractivity contribution in [2.45, 2.75) is 25.5 Å². The Kier molecular flexibility index (Phi) is 4.52. The van der Waals surface area contributed by atoms with Gasteiger partial charge in [-0.1, -0.05) is 19.1 Å². The molecule has 8 heteroatoms. The van der Waals surface area contributed by atoms with Crippen LogP contribution in [0.2, 0.25) is 0 Å². The van der Waals surface area contributed by atoms with Crippen LogP contribution in [-0.4, -0.2) is 17.4 Å². The SMILES string of the molecule is CCC(c1cc2scc(C)n2c(=O)c1-c1ccc(F)cc1)S(=O)(=O)O. The molecule has 0 saturated carbocycles. The average molecular weight is 381 g/mol. The van der Waals surface area contributed by atoms with Crippen LogP contribution in [-0.2, 0) is 10.1 Å². The summed E-state index contributed by atoms with van der Waals surface area (Å²) >= 11 is 1.31. The smallest absolute Gasteiger partial charge is 0.272 e. The molecule has 1 aromatic carbocycles. The maximum atomic E-state index is 13.3. The number of hydrogen-bond donors (Lipinski definition) is 1. The Hall–Kier alpha value is -2.03. The maximum Gasteiger partial charge on any atom is 0.272 e. The quantitative estimate of drug-likeness (QED) is 0.697. The molecular formula is C17H16FNO4S2. The monoisotopic (exact) mass is 381 g/mol. The molecule has 1 atom stereocenters. The van der Waals surface area contributed by atoms with Gasteiger partial charge in [0.15, 0.2) is 0 Å². The first kappa shape index (κ1) is 17.8. The third-order valence-corrected chi connectivity index (χ3v) is 6.43. The van der Waals surface area contributed by atoms with E-state index in [1.807, 2.05) is 0 Å². The van der Waals surface area contributed by atoms with Gasteiger partial charge in [0.05, 0.1) is 5.56 Å².